The second-order valence-electron chi connectivity index (χ2n) is 12.9. The minimum atomic E-state index is 1.11. The highest BCUT2D eigenvalue weighted by molar-refractivity contribution is 6.10. The van der Waals surface area contributed by atoms with Gasteiger partial charge in [0.05, 0.1) is 22.1 Å². The molecule has 9 rings (SSSR count). The highest BCUT2D eigenvalue weighted by Crippen LogP contribution is 2.42. The molecule has 2 nitrogen and oxygen atoms in total. The van der Waals surface area contributed by atoms with Gasteiger partial charge in [-0.3, -0.25) is 0 Å². The minimum absolute atomic E-state index is 1.11. The molecule has 0 amide bonds. The topological polar surface area (TPSA) is 9.86 Å². The van der Waals surface area contributed by atoms with E-state index in [9.17, 15) is 0 Å². The number of fused-ring (bicyclic) bond motifs is 6. The number of benzene rings is 7. The molecule has 0 aliphatic carbocycles. The largest absolute Gasteiger partial charge is 0.309 e. The van der Waals surface area contributed by atoms with Crippen LogP contribution in [0.25, 0.3) is 82.8 Å². The smallest absolute Gasteiger partial charge is 0.0541 e. The predicted molar refractivity (Wildman–Crippen MR) is 219 cm³/mol. The van der Waals surface area contributed by atoms with Gasteiger partial charge in [0.15, 0.2) is 0 Å². The highest BCUT2D eigenvalue weighted by atomic mass is 15.0. The Bertz CT molecular complexity index is 2720. The van der Waals surface area contributed by atoms with Crippen LogP contribution in [0.3, 0.4) is 0 Å². The standard InChI is InChI=1S/C49H36N2/c1-3-16-34(17-4-2)44-32-36(50-46-24-12-8-20-40(46)41-21-9-13-25-47(41)50)28-30-38(44)39-31-29-37(33-45(39)35-18-6-5-7-19-35)51-48-26-14-10-22-42(48)43-23-11-15-27-49(43)51/h3-33H,1H2,2H3/b17-4-,34-16+. The van der Waals surface area contributed by atoms with E-state index in [1.807, 2.05) is 6.08 Å². The van der Waals surface area contributed by atoms with Crippen LogP contribution in [-0.4, -0.2) is 9.13 Å². The third-order valence-corrected chi connectivity index (χ3v) is 10.0. The zero-order valence-electron chi connectivity index (χ0n) is 28.5. The Morgan fingerprint density at radius 2 is 0.922 bits per heavy atom. The van der Waals surface area contributed by atoms with Crippen LogP contribution in [0.2, 0.25) is 0 Å². The van der Waals surface area contributed by atoms with Gasteiger partial charge < -0.3 is 9.13 Å². The fraction of sp³-hybridized carbons (Fsp3) is 0.0204. The summed E-state index contributed by atoms with van der Waals surface area (Å²) in [5.74, 6) is 0. The van der Waals surface area contributed by atoms with Gasteiger partial charge in [-0.15, -0.1) is 0 Å². The van der Waals surface area contributed by atoms with Gasteiger partial charge in [-0.05, 0) is 88.8 Å². The Balaban J connectivity index is 1.32. The minimum Gasteiger partial charge on any atom is -0.309 e. The maximum Gasteiger partial charge on any atom is 0.0541 e. The monoisotopic (exact) mass is 652 g/mol. The third-order valence-electron chi connectivity index (χ3n) is 10.0. The maximum atomic E-state index is 4.10. The zero-order chi connectivity index (χ0) is 34.3. The Kier molecular flexibility index (Phi) is 7.56. The van der Waals surface area contributed by atoms with E-state index in [1.54, 1.807) is 0 Å². The van der Waals surface area contributed by atoms with Crippen LogP contribution in [0.1, 0.15) is 12.5 Å². The number of para-hydroxylation sites is 4. The van der Waals surface area contributed by atoms with Gasteiger partial charge in [-0.1, -0.05) is 146 Å². The van der Waals surface area contributed by atoms with Gasteiger partial charge in [-0.25, -0.2) is 0 Å². The summed E-state index contributed by atoms with van der Waals surface area (Å²) in [5, 5.41) is 5.01. The summed E-state index contributed by atoms with van der Waals surface area (Å²) >= 11 is 0. The van der Waals surface area contributed by atoms with E-state index in [4.69, 9.17) is 0 Å². The lowest BCUT2D eigenvalue weighted by molar-refractivity contribution is 1.17. The van der Waals surface area contributed by atoms with E-state index in [0.29, 0.717) is 0 Å². The van der Waals surface area contributed by atoms with Gasteiger partial charge in [0.2, 0.25) is 0 Å². The van der Waals surface area contributed by atoms with Gasteiger partial charge in [0, 0.05) is 32.9 Å². The Morgan fingerprint density at radius 1 is 0.471 bits per heavy atom. The average molecular weight is 653 g/mol. The van der Waals surface area contributed by atoms with Crippen molar-refractivity contribution >= 4 is 49.2 Å². The molecule has 0 bridgehead atoms. The molecule has 0 aliphatic heterocycles. The summed E-state index contributed by atoms with van der Waals surface area (Å²) in [4.78, 5) is 0. The normalized spacial score (nSPS) is 12.1. The summed E-state index contributed by atoms with van der Waals surface area (Å²) in [6.45, 7) is 6.17. The number of hydrogen-bond acceptors (Lipinski definition) is 0. The molecule has 51 heavy (non-hydrogen) atoms. The van der Waals surface area contributed by atoms with Crippen LogP contribution < -0.4 is 0 Å². The molecule has 0 atom stereocenters. The summed E-state index contributed by atoms with van der Waals surface area (Å²) < 4.78 is 4.79. The molecule has 2 heteroatoms. The van der Waals surface area contributed by atoms with E-state index in [-0.39, 0.29) is 0 Å². The van der Waals surface area contributed by atoms with Crippen molar-refractivity contribution in [1.29, 1.82) is 0 Å². The van der Waals surface area contributed by atoms with Crippen LogP contribution in [0.15, 0.2) is 195 Å². The van der Waals surface area contributed by atoms with E-state index in [2.05, 4.69) is 205 Å². The number of rotatable bonds is 7. The molecular formula is C49H36N2. The number of allylic oxidation sites excluding steroid dienone is 5. The zero-order valence-corrected chi connectivity index (χ0v) is 28.5. The lowest BCUT2D eigenvalue weighted by Gasteiger charge is -2.19. The fourth-order valence-corrected chi connectivity index (χ4v) is 7.85. The average Bonchev–Trinajstić information content (AvgIpc) is 3.71. The molecule has 0 radical (unpaired) electrons. The van der Waals surface area contributed by atoms with Crippen LogP contribution in [0, 0.1) is 0 Å². The van der Waals surface area contributed by atoms with Crippen LogP contribution >= 0.6 is 0 Å². The van der Waals surface area contributed by atoms with E-state index >= 15 is 0 Å². The molecular weight excluding hydrogens is 617 g/mol. The first kappa shape index (κ1) is 30.4. The first-order valence-corrected chi connectivity index (χ1v) is 17.5. The van der Waals surface area contributed by atoms with Crippen LogP contribution in [-0.2, 0) is 0 Å². The predicted octanol–water partition coefficient (Wildman–Crippen LogP) is 13.4. The molecule has 2 heterocycles. The molecule has 7 aromatic carbocycles. The van der Waals surface area contributed by atoms with Crippen molar-refractivity contribution in [2.24, 2.45) is 0 Å². The molecule has 9 aromatic rings. The summed E-state index contributed by atoms with van der Waals surface area (Å²) in [5.41, 5.74) is 14.0. The summed E-state index contributed by atoms with van der Waals surface area (Å²) in [6.07, 6.45) is 8.29. The molecule has 0 saturated carbocycles. The first-order valence-electron chi connectivity index (χ1n) is 17.5. The molecule has 0 spiro atoms. The van der Waals surface area contributed by atoms with Gasteiger partial charge in [0.1, 0.15) is 0 Å². The SMILES string of the molecule is C=C/C=C(\C=C/C)c1cc(-n2c3ccccc3c3ccccc32)ccc1-c1ccc(-n2c3ccccc3c3ccccc32)cc1-c1ccccc1. The number of hydrogen-bond donors (Lipinski definition) is 0. The molecule has 0 N–H and O–H groups in total. The molecule has 0 fully saturated rings. The number of aromatic nitrogens is 2. The van der Waals surface area contributed by atoms with Crippen molar-refractivity contribution < 1.29 is 0 Å². The van der Waals surface area contributed by atoms with E-state index in [0.717, 1.165) is 22.5 Å². The van der Waals surface area contributed by atoms with Crippen molar-refractivity contribution in [2.45, 2.75) is 6.92 Å². The van der Waals surface area contributed by atoms with E-state index in [1.165, 1.54) is 65.9 Å². The lowest BCUT2D eigenvalue weighted by Crippen LogP contribution is -1.99. The van der Waals surface area contributed by atoms with E-state index < -0.39 is 0 Å². The van der Waals surface area contributed by atoms with Gasteiger partial charge >= 0.3 is 0 Å². The quantitative estimate of drug-likeness (QED) is 0.152. The van der Waals surface area contributed by atoms with Crippen LogP contribution in [0.5, 0.6) is 0 Å². The van der Waals surface area contributed by atoms with Gasteiger partial charge in [0.25, 0.3) is 0 Å². The van der Waals surface area contributed by atoms with Crippen molar-refractivity contribution in [2.75, 3.05) is 0 Å². The Morgan fingerprint density at radius 3 is 1.41 bits per heavy atom. The highest BCUT2D eigenvalue weighted by Gasteiger charge is 2.19. The first-order chi connectivity index (χ1) is 25.2. The Labute approximate surface area is 298 Å². The molecule has 0 aliphatic rings. The number of nitrogens with zero attached hydrogens (tertiary/aromatic N) is 2. The molecule has 242 valence electrons. The van der Waals surface area contributed by atoms with Crippen molar-refractivity contribution in [1.82, 2.24) is 9.13 Å². The van der Waals surface area contributed by atoms with Gasteiger partial charge in [-0.2, -0.15) is 0 Å². The van der Waals surface area contributed by atoms with Crippen LogP contribution in [0.4, 0.5) is 0 Å². The summed E-state index contributed by atoms with van der Waals surface area (Å²) in [7, 11) is 0. The lowest BCUT2D eigenvalue weighted by atomic mass is 9.88. The molecule has 2 aromatic heterocycles. The maximum absolute atomic E-state index is 4.10. The van der Waals surface area contributed by atoms with Crippen molar-refractivity contribution in [3.8, 4) is 33.6 Å². The van der Waals surface area contributed by atoms with Crippen molar-refractivity contribution in [3.63, 3.8) is 0 Å². The molecule has 0 unspecified atom stereocenters. The molecule has 0 saturated heterocycles. The second kappa shape index (κ2) is 12.7. The second-order valence-corrected chi connectivity index (χ2v) is 12.9. The fourth-order valence-electron chi connectivity index (χ4n) is 7.85. The van der Waals surface area contributed by atoms with Crippen molar-refractivity contribution in [3.05, 3.63) is 200 Å². The Hall–Kier alpha value is -6.64. The summed E-state index contributed by atoms with van der Waals surface area (Å²) in [6, 6.07) is 59.4. The third kappa shape index (κ3) is 5.04.